The standard InChI is InChI=1S/C12H17NO4/c1-5-16-11(14)9-7-13(4)10(8(9)3)12(15)17-6-2/h7H,5-6H2,1-4H3. The third kappa shape index (κ3) is 2.67. The number of aromatic nitrogens is 1. The number of hydrogen-bond acceptors (Lipinski definition) is 4. The second kappa shape index (κ2) is 5.52. The predicted molar refractivity (Wildman–Crippen MR) is 62.1 cm³/mol. The lowest BCUT2D eigenvalue weighted by molar-refractivity contribution is 0.0513. The number of carbonyl (C=O) groups excluding carboxylic acids is 2. The SMILES string of the molecule is CCOC(=O)c1cn(C)c(C(=O)OCC)c1C. The largest absolute Gasteiger partial charge is 0.462 e. The van der Waals surface area contributed by atoms with Gasteiger partial charge in [-0.05, 0) is 26.3 Å². The van der Waals surface area contributed by atoms with Crippen LogP contribution in [0.25, 0.3) is 0 Å². The van der Waals surface area contributed by atoms with Crippen molar-refractivity contribution in [1.82, 2.24) is 4.57 Å². The molecule has 0 bridgehead atoms. The Morgan fingerprint density at radius 3 is 2.24 bits per heavy atom. The fourth-order valence-corrected chi connectivity index (χ4v) is 1.66. The van der Waals surface area contributed by atoms with Crippen molar-refractivity contribution >= 4 is 11.9 Å². The van der Waals surface area contributed by atoms with Crippen LogP contribution in [0.1, 0.15) is 40.3 Å². The van der Waals surface area contributed by atoms with Crippen molar-refractivity contribution in [2.75, 3.05) is 13.2 Å². The van der Waals surface area contributed by atoms with E-state index in [1.807, 2.05) is 0 Å². The van der Waals surface area contributed by atoms with Crippen LogP contribution in [-0.2, 0) is 16.5 Å². The molecule has 0 spiro atoms. The van der Waals surface area contributed by atoms with Gasteiger partial charge in [0.25, 0.3) is 0 Å². The molecule has 1 aromatic heterocycles. The van der Waals surface area contributed by atoms with Gasteiger partial charge in [-0.2, -0.15) is 0 Å². The summed E-state index contributed by atoms with van der Waals surface area (Å²) in [5.74, 6) is -0.848. The molecule has 0 saturated heterocycles. The first-order valence-electron chi connectivity index (χ1n) is 5.53. The number of hydrogen-bond donors (Lipinski definition) is 0. The van der Waals surface area contributed by atoms with Crippen LogP contribution < -0.4 is 0 Å². The zero-order valence-electron chi connectivity index (χ0n) is 10.6. The number of aryl methyl sites for hydroxylation is 1. The summed E-state index contributed by atoms with van der Waals surface area (Å²) in [6.07, 6.45) is 1.58. The van der Waals surface area contributed by atoms with Crippen LogP contribution in [0.4, 0.5) is 0 Å². The van der Waals surface area contributed by atoms with E-state index in [2.05, 4.69) is 0 Å². The molecule has 0 aromatic carbocycles. The Hall–Kier alpha value is -1.78. The van der Waals surface area contributed by atoms with Crippen LogP contribution in [0.5, 0.6) is 0 Å². The van der Waals surface area contributed by atoms with Crippen LogP contribution in [0, 0.1) is 6.92 Å². The minimum absolute atomic E-state index is 0.304. The lowest BCUT2D eigenvalue weighted by Crippen LogP contribution is -2.11. The fraction of sp³-hybridized carbons (Fsp3) is 0.500. The highest BCUT2D eigenvalue weighted by molar-refractivity contribution is 5.97. The summed E-state index contributed by atoms with van der Waals surface area (Å²) in [7, 11) is 1.70. The van der Waals surface area contributed by atoms with E-state index in [9.17, 15) is 9.59 Å². The Morgan fingerprint density at radius 2 is 1.71 bits per heavy atom. The number of esters is 2. The first kappa shape index (κ1) is 13.3. The second-order valence-electron chi connectivity index (χ2n) is 3.57. The third-order valence-corrected chi connectivity index (χ3v) is 2.40. The van der Waals surface area contributed by atoms with Gasteiger partial charge in [0.15, 0.2) is 0 Å². The maximum Gasteiger partial charge on any atom is 0.355 e. The minimum Gasteiger partial charge on any atom is -0.462 e. The fourth-order valence-electron chi connectivity index (χ4n) is 1.66. The molecule has 0 radical (unpaired) electrons. The van der Waals surface area contributed by atoms with Gasteiger partial charge in [-0.25, -0.2) is 9.59 Å². The van der Waals surface area contributed by atoms with Crippen molar-refractivity contribution in [3.8, 4) is 0 Å². The van der Waals surface area contributed by atoms with Gasteiger partial charge in [0.1, 0.15) is 5.69 Å². The van der Waals surface area contributed by atoms with Gasteiger partial charge in [0, 0.05) is 13.2 Å². The second-order valence-corrected chi connectivity index (χ2v) is 3.57. The number of ether oxygens (including phenoxy) is 2. The molecule has 94 valence electrons. The van der Waals surface area contributed by atoms with Gasteiger partial charge in [-0.3, -0.25) is 0 Å². The van der Waals surface area contributed by atoms with Gasteiger partial charge >= 0.3 is 11.9 Å². The molecule has 0 unspecified atom stereocenters. The molecule has 17 heavy (non-hydrogen) atoms. The van der Waals surface area contributed by atoms with E-state index < -0.39 is 11.9 Å². The zero-order valence-corrected chi connectivity index (χ0v) is 10.6. The Labute approximate surface area is 100 Å². The van der Waals surface area contributed by atoms with Gasteiger partial charge in [-0.15, -0.1) is 0 Å². The molecule has 1 heterocycles. The molecule has 0 amide bonds. The quantitative estimate of drug-likeness (QED) is 0.750. The number of carbonyl (C=O) groups is 2. The summed E-state index contributed by atoms with van der Waals surface area (Å²) in [6, 6.07) is 0. The van der Waals surface area contributed by atoms with Gasteiger partial charge < -0.3 is 14.0 Å². The lowest BCUT2D eigenvalue weighted by Gasteiger charge is -2.04. The summed E-state index contributed by atoms with van der Waals surface area (Å²) in [5.41, 5.74) is 1.37. The van der Waals surface area contributed by atoms with Crippen molar-refractivity contribution in [2.45, 2.75) is 20.8 Å². The highest BCUT2D eigenvalue weighted by Gasteiger charge is 2.22. The summed E-state index contributed by atoms with van der Waals surface area (Å²) < 4.78 is 11.4. The van der Waals surface area contributed by atoms with Crippen LogP contribution in [-0.4, -0.2) is 29.7 Å². The normalized spacial score (nSPS) is 10.1. The smallest absolute Gasteiger partial charge is 0.355 e. The number of nitrogens with zero attached hydrogens (tertiary/aromatic N) is 1. The van der Waals surface area contributed by atoms with Gasteiger partial charge in [-0.1, -0.05) is 0 Å². The van der Waals surface area contributed by atoms with E-state index in [1.54, 1.807) is 38.6 Å². The molecule has 0 saturated carbocycles. The summed E-state index contributed by atoms with van der Waals surface area (Å²) in [6.45, 7) is 5.80. The zero-order chi connectivity index (χ0) is 13.0. The predicted octanol–water partition coefficient (Wildman–Crippen LogP) is 1.69. The third-order valence-electron chi connectivity index (χ3n) is 2.40. The van der Waals surface area contributed by atoms with Gasteiger partial charge in [0.2, 0.25) is 0 Å². The monoisotopic (exact) mass is 239 g/mol. The Balaban J connectivity index is 3.09. The lowest BCUT2D eigenvalue weighted by atomic mass is 10.1. The highest BCUT2D eigenvalue weighted by atomic mass is 16.5. The molecule has 1 aromatic rings. The highest BCUT2D eigenvalue weighted by Crippen LogP contribution is 2.17. The molecule has 0 aliphatic carbocycles. The topological polar surface area (TPSA) is 57.5 Å². The minimum atomic E-state index is -0.428. The molecule has 5 nitrogen and oxygen atoms in total. The molecular formula is C12H17NO4. The molecule has 0 atom stereocenters. The molecule has 0 aliphatic rings. The molecule has 1 rings (SSSR count). The molecule has 5 heteroatoms. The average molecular weight is 239 g/mol. The van der Waals surface area contributed by atoms with Gasteiger partial charge in [0.05, 0.1) is 18.8 Å². The molecule has 0 N–H and O–H groups in total. The summed E-state index contributed by atoms with van der Waals surface area (Å²) >= 11 is 0. The van der Waals surface area contributed by atoms with E-state index in [4.69, 9.17) is 9.47 Å². The Kier molecular flexibility index (Phi) is 4.31. The van der Waals surface area contributed by atoms with Crippen molar-refractivity contribution in [3.05, 3.63) is 23.0 Å². The number of rotatable bonds is 4. The van der Waals surface area contributed by atoms with Crippen molar-refractivity contribution in [3.63, 3.8) is 0 Å². The molecule has 0 aliphatic heterocycles. The van der Waals surface area contributed by atoms with E-state index in [1.165, 1.54) is 0 Å². The maximum absolute atomic E-state index is 11.7. The van der Waals surface area contributed by atoms with E-state index in [0.29, 0.717) is 30.0 Å². The maximum atomic E-state index is 11.7. The Morgan fingerprint density at radius 1 is 1.18 bits per heavy atom. The van der Waals surface area contributed by atoms with Crippen LogP contribution in [0.15, 0.2) is 6.20 Å². The van der Waals surface area contributed by atoms with E-state index in [0.717, 1.165) is 0 Å². The van der Waals surface area contributed by atoms with Crippen LogP contribution in [0.2, 0.25) is 0 Å². The van der Waals surface area contributed by atoms with Crippen LogP contribution in [0.3, 0.4) is 0 Å². The van der Waals surface area contributed by atoms with E-state index >= 15 is 0 Å². The van der Waals surface area contributed by atoms with Crippen molar-refractivity contribution < 1.29 is 19.1 Å². The first-order chi connectivity index (χ1) is 8.02. The van der Waals surface area contributed by atoms with Crippen molar-refractivity contribution in [2.24, 2.45) is 7.05 Å². The average Bonchev–Trinajstić information content (AvgIpc) is 2.55. The summed E-state index contributed by atoms with van der Waals surface area (Å²) in [5, 5.41) is 0. The van der Waals surface area contributed by atoms with Crippen LogP contribution >= 0.6 is 0 Å². The van der Waals surface area contributed by atoms with Crippen molar-refractivity contribution in [1.29, 1.82) is 0 Å². The Bertz CT molecular complexity index is 434. The van der Waals surface area contributed by atoms with E-state index in [-0.39, 0.29) is 0 Å². The molecular weight excluding hydrogens is 222 g/mol. The first-order valence-corrected chi connectivity index (χ1v) is 5.53. The molecule has 0 fully saturated rings. The summed E-state index contributed by atoms with van der Waals surface area (Å²) in [4.78, 5) is 23.3.